The van der Waals surface area contributed by atoms with Gasteiger partial charge in [0, 0.05) is 23.7 Å². The second kappa shape index (κ2) is 5.38. The van der Waals surface area contributed by atoms with E-state index >= 15 is 0 Å². The Bertz CT molecular complexity index is 249. The molecule has 0 aliphatic rings. The summed E-state index contributed by atoms with van der Waals surface area (Å²) in [5.74, 6) is 0.973. The van der Waals surface area contributed by atoms with Gasteiger partial charge < -0.3 is 15.8 Å². The number of H-pyrrole nitrogens is 1. The maximum atomic E-state index is 8.93. The lowest BCUT2D eigenvalue weighted by Gasteiger charge is -2.20. The highest BCUT2D eigenvalue weighted by atomic mass is 32.2. The smallest absolute Gasteiger partial charge is 0.165 e. The molecule has 0 aliphatic carbocycles. The van der Waals surface area contributed by atoms with Gasteiger partial charge in [0.15, 0.2) is 5.16 Å². The van der Waals surface area contributed by atoms with E-state index in [0.29, 0.717) is 0 Å². The Morgan fingerprint density at radius 2 is 2.50 bits per heavy atom. The number of nitrogens with one attached hydrogen (secondary N) is 1. The van der Waals surface area contributed by atoms with Gasteiger partial charge in [-0.05, 0) is 19.8 Å². The largest absolute Gasteiger partial charge is 0.394 e. The molecule has 1 rings (SSSR count). The number of rotatable bonds is 6. The molecule has 0 aromatic carbocycles. The van der Waals surface area contributed by atoms with Crippen LogP contribution in [0.1, 0.15) is 19.8 Å². The molecule has 1 aromatic rings. The van der Waals surface area contributed by atoms with Gasteiger partial charge in [0.05, 0.1) is 6.61 Å². The van der Waals surface area contributed by atoms with Crippen molar-refractivity contribution in [3.8, 4) is 0 Å². The highest BCUT2D eigenvalue weighted by Gasteiger charge is 2.15. The van der Waals surface area contributed by atoms with Crippen LogP contribution in [0.5, 0.6) is 0 Å². The van der Waals surface area contributed by atoms with Crippen molar-refractivity contribution in [1.29, 1.82) is 0 Å². The molecule has 1 heterocycles. The molecular formula is C9H17N3OS. The fraction of sp³-hybridized carbons (Fsp3) is 0.667. The average Bonchev–Trinajstić information content (AvgIpc) is 2.65. The summed E-state index contributed by atoms with van der Waals surface area (Å²) in [5.41, 5.74) is 5.35. The Kier molecular flexibility index (Phi) is 4.44. The van der Waals surface area contributed by atoms with Crippen LogP contribution in [0.4, 0.5) is 0 Å². The van der Waals surface area contributed by atoms with E-state index in [1.165, 1.54) is 0 Å². The Morgan fingerprint density at radius 1 is 1.71 bits per heavy atom. The zero-order valence-corrected chi connectivity index (χ0v) is 9.18. The number of aromatic nitrogens is 2. The van der Waals surface area contributed by atoms with Gasteiger partial charge in [-0.2, -0.15) is 0 Å². The van der Waals surface area contributed by atoms with Crippen LogP contribution < -0.4 is 5.73 Å². The first-order valence-electron chi connectivity index (χ1n) is 4.66. The molecule has 0 saturated carbocycles. The van der Waals surface area contributed by atoms with Crippen molar-refractivity contribution in [3.05, 3.63) is 12.4 Å². The first-order valence-corrected chi connectivity index (χ1v) is 5.64. The molecule has 0 aliphatic heterocycles. The third-order valence-electron chi connectivity index (χ3n) is 1.97. The van der Waals surface area contributed by atoms with E-state index in [4.69, 9.17) is 10.8 Å². The number of nitrogens with zero attached hydrogens (tertiary/aromatic N) is 1. The number of aliphatic hydroxyl groups is 1. The van der Waals surface area contributed by atoms with E-state index < -0.39 is 5.54 Å². The third kappa shape index (κ3) is 4.13. The van der Waals surface area contributed by atoms with Crippen LogP contribution in [0, 0.1) is 0 Å². The summed E-state index contributed by atoms with van der Waals surface area (Å²) >= 11 is 1.67. The Morgan fingerprint density at radius 3 is 3.07 bits per heavy atom. The van der Waals surface area contributed by atoms with Gasteiger partial charge in [-0.1, -0.05) is 11.8 Å². The first-order chi connectivity index (χ1) is 6.64. The Balaban J connectivity index is 2.11. The molecule has 0 bridgehead atoms. The molecule has 0 amide bonds. The minimum atomic E-state index is -0.441. The van der Waals surface area contributed by atoms with Crippen LogP contribution >= 0.6 is 11.8 Å². The van der Waals surface area contributed by atoms with Crippen LogP contribution in [-0.4, -0.2) is 33.0 Å². The van der Waals surface area contributed by atoms with Gasteiger partial charge >= 0.3 is 0 Å². The lowest BCUT2D eigenvalue weighted by atomic mass is 9.99. The van der Waals surface area contributed by atoms with Crippen molar-refractivity contribution in [2.24, 2.45) is 5.73 Å². The Hall–Kier alpha value is -0.520. The van der Waals surface area contributed by atoms with Crippen molar-refractivity contribution in [2.45, 2.75) is 30.5 Å². The molecule has 1 unspecified atom stereocenters. The molecule has 5 heteroatoms. The first kappa shape index (κ1) is 11.6. The monoisotopic (exact) mass is 215 g/mol. The minimum absolute atomic E-state index is 0.0401. The fourth-order valence-electron chi connectivity index (χ4n) is 1.05. The van der Waals surface area contributed by atoms with Crippen LogP contribution in [0.2, 0.25) is 0 Å². The number of nitrogens with two attached hydrogens (primary N) is 1. The topological polar surface area (TPSA) is 74.9 Å². The highest BCUT2D eigenvalue weighted by Crippen LogP contribution is 2.16. The lowest BCUT2D eigenvalue weighted by Crippen LogP contribution is -2.40. The van der Waals surface area contributed by atoms with Crippen LogP contribution in [0.3, 0.4) is 0 Å². The van der Waals surface area contributed by atoms with Crippen molar-refractivity contribution in [3.63, 3.8) is 0 Å². The molecule has 0 fully saturated rings. The normalized spacial score (nSPS) is 15.4. The lowest BCUT2D eigenvalue weighted by molar-refractivity contribution is 0.200. The van der Waals surface area contributed by atoms with Gasteiger partial charge in [0.25, 0.3) is 0 Å². The van der Waals surface area contributed by atoms with E-state index in [1.54, 1.807) is 18.0 Å². The standard InChI is InChI=1S/C9H17N3OS/c1-9(10,7-13)3-2-6-14-8-11-4-5-12-8/h4-5,13H,2-3,6-7,10H2,1H3,(H,11,12). The zero-order chi connectivity index (χ0) is 10.4. The van der Waals surface area contributed by atoms with Crippen molar-refractivity contribution in [2.75, 3.05) is 12.4 Å². The second-order valence-electron chi connectivity index (χ2n) is 3.66. The number of thioether (sulfide) groups is 1. The van der Waals surface area contributed by atoms with Gasteiger partial charge in [-0.25, -0.2) is 4.98 Å². The summed E-state index contributed by atoms with van der Waals surface area (Å²) in [4.78, 5) is 7.12. The molecule has 1 aromatic heterocycles. The molecule has 80 valence electrons. The molecule has 1 atom stereocenters. The molecule has 4 N–H and O–H groups in total. The number of hydrogen-bond donors (Lipinski definition) is 3. The van der Waals surface area contributed by atoms with Crippen LogP contribution in [-0.2, 0) is 0 Å². The molecule has 4 nitrogen and oxygen atoms in total. The third-order valence-corrected chi connectivity index (χ3v) is 2.95. The number of imidazole rings is 1. The van der Waals surface area contributed by atoms with E-state index in [9.17, 15) is 0 Å². The van der Waals surface area contributed by atoms with E-state index in [2.05, 4.69) is 9.97 Å². The van der Waals surface area contributed by atoms with Crippen LogP contribution in [0.15, 0.2) is 17.6 Å². The summed E-state index contributed by atoms with van der Waals surface area (Å²) in [6.07, 6.45) is 5.36. The highest BCUT2D eigenvalue weighted by molar-refractivity contribution is 7.99. The molecular weight excluding hydrogens is 198 g/mol. The summed E-state index contributed by atoms with van der Waals surface area (Å²) in [5, 5.41) is 9.86. The number of aromatic amines is 1. The summed E-state index contributed by atoms with van der Waals surface area (Å²) in [6, 6.07) is 0. The maximum Gasteiger partial charge on any atom is 0.165 e. The van der Waals surface area contributed by atoms with E-state index in [-0.39, 0.29) is 6.61 Å². The average molecular weight is 215 g/mol. The summed E-state index contributed by atoms with van der Waals surface area (Å²) in [7, 11) is 0. The van der Waals surface area contributed by atoms with Crippen molar-refractivity contribution in [1.82, 2.24) is 9.97 Å². The zero-order valence-electron chi connectivity index (χ0n) is 8.36. The number of hydrogen-bond acceptors (Lipinski definition) is 4. The van der Waals surface area contributed by atoms with Crippen molar-refractivity contribution >= 4 is 11.8 Å². The molecule has 0 spiro atoms. The van der Waals surface area contributed by atoms with Crippen molar-refractivity contribution < 1.29 is 5.11 Å². The van der Waals surface area contributed by atoms with Gasteiger partial charge in [0.2, 0.25) is 0 Å². The number of aliphatic hydroxyl groups excluding tert-OH is 1. The predicted octanol–water partition coefficient (Wildman–Crippen LogP) is 0.992. The van der Waals surface area contributed by atoms with Gasteiger partial charge in [-0.3, -0.25) is 0 Å². The van der Waals surface area contributed by atoms with Gasteiger partial charge in [-0.15, -0.1) is 0 Å². The minimum Gasteiger partial charge on any atom is -0.394 e. The van der Waals surface area contributed by atoms with E-state index in [0.717, 1.165) is 23.8 Å². The predicted molar refractivity (Wildman–Crippen MR) is 58.2 cm³/mol. The Labute approximate surface area is 88.3 Å². The fourth-order valence-corrected chi connectivity index (χ4v) is 1.82. The van der Waals surface area contributed by atoms with Crippen LogP contribution in [0.25, 0.3) is 0 Å². The SMILES string of the molecule is CC(N)(CO)CCCSc1ncc[nH]1. The molecule has 14 heavy (non-hydrogen) atoms. The quantitative estimate of drug-likeness (QED) is 0.488. The summed E-state index contributed by atoms with van der Waals surface area (Å²) in [6.45, 7) is 1.91. The van der Waals surface area contributed by atoms with Gasteiger partial charge in [0.1, 0.15) is 0 Å². The maximum absolute atomic E-state index is 8.93. The van der Waals surface area contributed by atoms with E-state index in [1.807, 2.05) is 13.1 Å². The molecule has 0 radical (unpaired) electrons. The summed E-state index contributed by atoms with van der Waals surface area (Å²) < 4.78 is 0. The second-order valence-corrected chi connectivity index (χ2v) is 4.74. The molecule has 0 saturated heterocycles.